The third-order valence-corrected chi connectivity index (χ3v) is 6.83. The van der Waals surface area contributed by atoms with Gasteiger partial charge in [0.25, 0.3) is 6.43 Å². The molecule has 0 bridgehead atoms. The molecule has 5 rings (SSSR count). The lowest BCUT2D eigenvalue weighted by Gasteiger charge is -2.21. The molecule has 2 aliphatic rings. The van der Waals surface area contributed by atoms with Crippen molar-refractivity contribution in [2.45, 2.75) is 44.1 Å². The lowest BCUT2D eigenvalue weighted by Crippen LogP contribution is -2.28. The van der Waals surface area contributed by atoms with Gasteiger partial charge >= 0.3 is 0 Å². The van der Waals surface area contributed by atoms with E-state index in [-0.39, 0.29) is 12.5 Å². The third kappa shape index (κ3) is 4.62. The Bertz CT molecular complexity index is 1300. The second-order valence-electron chi connectivity index (χ2n) is 9.45. The fourth-order valence-electron chi connectivity index (χ4n) is 4.80. The van der Waals surface area contributed by atoms with Gasteiger partial charge in [0.1, 0.15) is 12.6 Å². The first kappa shape index (κ1) is 24.1. The molecule has 0 saturated carbocycles. The zero-order valence-electron chi connectivity index (χ0n) is 19.8. The van der Waals surface area contributed by atoms with Gasteiger partial charge in [-0.3, -0.25) is 4.68 Å². The Balaban J connectivity index is 1.48. The number of halogens is 2. The van der Waals surface area contributed by atoms with E-state index in [1.807, 2.05) is 13.0 Å². The van der Waals surface area contributed by atoms with E-state index < -0.39 is 18.4 Å². The Kier molecular flexibility index (Phi) is 6.55. The first-order chi connectivity index (χ1) is 17.4. The van der Waals surface area contributed by atoms with Gasteiger partial charge in [-0.25, -0.2) is 18.7 Å². The number of aliphatic hydroxyl groups is 1. The molecule has 1 unspecified atom stereocenters. The van der Waals surface area contributed by atoms with Crippen LogP contribution in [-0.2, 0) is 16.7 Å². The van der Waals surface area contributed by atoms with Crippen LogP contribution < -0.4 is 10.6 Å². The Morgan fingerprint density at radius 2 is 2.17 bits per heavy atom. The maximum absolute atomic E-state index is 13.0. The molecule has 0 radical (unpaired) electrons. The summed E-state index contributed by atoms with van der Waals surface area (Å²) in [6.07, 6.45) is 2.16. The first-order valence-corrected chi connectivity index (χ1v) is 11.9. The van der Waals surface area contributed by atoms with Crippen molar-refractivity contribution in [2.24, 2.45) is 0 Å². The van der Waals surface area contributed by atoms with Crippen LogP contribution in [0.5, 0.6) is 0 Å². The largest absolute Gasteiger partial charge is 0.395 e. The molecule has 36 heavy (non-hydrogen) atoms. The highest BCUT2D eigenvalue weighted by Crippen LogP contribution is 2.41. The van der Waals surface area contributed by atoms with E-state index in [0.29, 0.717) is 48.3 Å². The maximum atomic E-state index is 13.0. The van der Waals surface area contributed by atoms with Crippen LogP contribution in [0.25, 0.3) is 11.3 Å². The fraction of sp³-hybridized carbons (Fsp3) is 0.440. The van der Waals surface area contributed by atoms with E-state index in [4.69, 9.17) is 4.74 Å². The van der Waals surface area contributed by atoms with E-state index >= 15 is 0 Å². The molecular weight excluding hydrogens is 468 g/mol. The highest BCUT2D eigenvalue weighted by Gasteiger charge is 2.36. The summed E-state index contributed by atoms with van der Waals surface area (Å²) < 4.78 is 32.8. The quantitative estimate of drug-likeness (QED) is 0.453. The van der Waals surface area contributed by atoms with Crippen molar-refractivity contribution in [3.8, 4) is 17.3 Å². The summed E-state index contributed by atoms with van der Waals surface area (Å²) in [7, 11) is 0. The van der Waals surface area contributed by atoms with Gasteiger partial charge in [-0.2, -0.15) is 10.4 Å². The SMILES string of the molecule is CC1(CO)CNc2c(C#N)cc(-c3ccnc(Nc4cn(CC(F)F)nc4C4CCOCC4)n3)cc21. The van der Waals surface area contributed by atoms with Crippen LogP contribution in [0, 0.1) is 11.3 Å². The number of ether oxygens (including phenoxy) is 1. The van der Waals surface area contributed by atoms with Crippen molar-refractivity contribution in [2.75, 3.05) is 37.0 Å². The van der Waals surface area contributed by atoms with Gasteiger partial charge < -0.3 is 20.5 Å². The Morgan fingerprint density at radius 3 is 2.89 bits per heavy atom. The average molecular weight is 496 g/mol. The van der Waals surface area contributed by atoms with E-state index in [2.05, 4.69) is 31.8 Å². The van der Waals surface area contributed by atoms with E-state index in [1.165, 1.54) is 4.68 Å². The topological polar surface area (TPSA) is 121 Å². The molecule has 188 valence electrons. The predicted octanol–water partition coefficient (Wildman–Crippen LogP) is 3.79. The number of fused-ring (bicyclic) bond motifs is 1. The average Bonchev–Trinajstić information content (AvgIpc) is 3.44. The van der Waals surface area contributed by atoms with Crippen LogP contribution >= 0.6 is 0 Å². The lowest BCUT2D eigenvalue weighted by molar-refractivity contribution is 0.0840. The van der Waals surface area contributed by atoms with Crippen molar-refractivity contribution in [1.29, 1.82) is 5.26 Å². The van der Waals surface area contributed by atoms with E-state index in [0.717, 1.165) is 29.7 Å². The number of rotatable bonds is 7. The summed E-state index contributed by atoms with van der Waals surface area (Å²) >= 11 is 0. The van der Waals surface area contributed by atoms with Gasteiger partial charge in [-0.1, -0.05) is 6.92 Å². The van der Waals surface area contributed by atoms with E-state index in [9.17, 15) is 19.1 Å². The summed E-state index contributed by atoms with van der Waals surface area (Å²) in [5.74, 6) is 0.376. The van der Waals surface area contributed by atoms with Crippen molar-refractivity contribution >= 4 is 17.3 Å². The van der Waals surface area contributed by atoms with Gasteiger partial charge in [0.15, 0.2) is 0 Å². The monoisotopic (exact) mass is 495 g/mol. The maximum Gasteiger partial charge on any atom is 0.257 e. The van der Waals surface area contributed by atoms with Crippen LogP contribution in [0.1, 0.15) is 42.5 Å². The van der Waals surface area contributed by atoms with Crippen molar-refractivity contribution in [3.63, 3.8) is 0 Å². The highest BCUT2D eigenvalue weighted by atomic mass is 19.3. The number of nitriles is 1. The summed E-state index contributed by atoms with van der Waals surface area (Å²) in [4.78, 5) is 8.97. The van der Waals surface area contributed by atoms with Crippen LogP contribution in [0.3, 0.4) is 0 Å². The minimum absolute atomic E-state index is 0.0600. The molecule has 2 aromatic heterocycles. The minimum Gasteiger partial charge on any atom is -0.395 e. The summed E-state index contributed by atoms with van der Waals surface area (Å²) in [5, 5.41) is 30.5. The number of aliphatic hydroxyl groups excluding tert-OH is 1. The number of alkyl halides is 2. The molecule has 1 atom stereocenters. The van der Waals surface area contributed by atoms with E-state index in [1.54, 1.807) is 24.5 Å². The molecule has 1 fully saturated rings. The molecule has 1 aromatic carbocycles. The second kappa shape index (κ2) is 9.79. The molecule has 3 aromatic rings. The van der Waals surface area contributed by atoms with Crippen LogP contribution in [0.2, 0.25) is 0 Å². The Hall–Kier alpha value is -3.62. The van der Waals surface area contributed by atoms with Gasteiger partial charge in [0.05, 0.1) is 34.9 Å². The fourth-order valence-corrected chi connectivity index (χ4v) is 4.80. The third-order valence-electron chi connectivity index (χ3n) is 6.83. The molecule has 4 heterocycles. The van der Waals surface area contributed by atoms with Crippen LogP contribution in [0.15, 0.2) is 30.6 Å². The minimum atomic E-state index is -2.52. The Morgan fingerprint density at radius 1 is 1.36 bits per heavy atom. The van der Waals surface area contributed by atoms with Crippen LogP contribution in [-0.4, -0.2) is 57.6 Å². The zero-order chi connectivity index (χ0) is 25.3. The van der Waals surface area contributed by atoms with Crippen molar-refractivity contribution in [1.82, 2.24) is 19.7 Å². The normalized spacial score (nSPS) is 19.7. The Labute approximate surface area is 207 Å². The van der Waals surface area contributed by atoms with Crippen molar-refractivity contribution in [3.05, 3.63) is 47.4 Å². The molecule has 0 aliphatic carbocycles. The van der Waals surface area contributed by atoms with Gasteiger partial charge in [0.2, 0.25) is 5.95 Å². The first-order valence-electron chi connectivity index (χ1n) is 11.9. The molecule has 0 amide bonds. The molecule has 11 heteroatoms. The highest BCUT2D eigenvalue weighted by molar-refractivity contribution is 5.76. The summed E-state index contributed by atoms with van der Waals surface area (Å²) in [6.45, 7) is 3.11. The number of hydrogen-bond acceptors (Lipinski definition) is 8. The predicted molar refractivity (Wildman–Crippen MR) is 129 cm³/mol. The zero-order valence-corrected chi connectivity index (χ0v) is 19.8. The molecule has 1 saturated heterocycles. The number of benzene rings is 1. The lowest BCUT2D eigenvalue weighted by atomic mass is 9.83. The molecular formula is C25H27F2N7O2. The van der Waals surface area contributed by atoms with Gasteiger partial charge in [0, 0.05) is 49.0 Å². The summed E-state index contributed by atoms with van der Waals surface area (Å²) in [5.41, 5.74) is 4.15. The number of nitrogens with one attached hydrogen (secondary N) is 2. The molecule has 3 N–H and O–H groups in total. The van der Waals surface area contributed by atoms with Gasteiger partial charge in [-0.05, 0) is 36.6 Å². The second-order valence-corrected chi connectivity index (χ2v) is 9.45. The molecule has 0 spiro atoms. The molecule has 9 nitrogen and oxygen atoms in total. The number of nitrogens with zero attached hydrogens (tertiary/aromatic N) is 5. The summed E-state index contributed by atoms with van der Waals surface area (Å²) in [6, 6.07) is 7.67. The van der Waals surface area contributed by atoms with Crippen molar-refractivity contribution < 1.29 is 18.6 Å². The number of hydrogen-bond donors (Lipinski definition) is 3. The number of anilines is 3. The smallest absolute Gasteiger partial charge is 0.257 e. The van der Waals surface area contributed by atoms with Gasteiger partial charge in [-0.15, -0.1) is 0 Å². The standard InChI is InChI=1S/C25H27F2N7O2/c1-25(14-35)13-30-22-17(10-28)8-16(9-18(22)25)19-2-5-29-24(31-19)32-20-11-34(12-21(26)27)33-23(20)15-3-6-36-7-4-15/h2,5,8-9,11,15,21,30,35H,3-4,6-7,12-14H2,1H3,(H,29,31,32). The molecule has 2 aliphatic heterocycles. The van der Waals surface area contributed by atoms with Crippen LogP contribution in [0.4, 0.5) is 26.1 Å². The number of aromatic nitrogens is 4.